The predicted octanol–water partition coefficient (Wildman–Crippen LogP) is 3.83. The van der Waals surface area contributed by atoms with Gasteiger partial charge in [0.2, 0.25) is 0 Å². The van der Waals surface area contributed by atoms with E-state index >= 15 is 0 Å². The summed E-state index contributed by atoms with van der Waals surface area (Å²) in [6.45, 7) is 1.73. The molecule has 1 N–H and O–H groups in total. The first-order valence-corrected chi connectivity index (χ1v) is 11.3. The van der Waals surface area contributed by atoms with Crippen molar-refractivity contribution in [1.82, 2.24) is 9.56 Å². The molecule has 0 aliphatic carbocycles. The molecule has 0 aliphatic rings. The lowest BCUT2D eigenvalue weighted by atomic mass is 10.3. The maximum absolute atomic E-state index is 13.1. The number of aromatic nitrogens is 2. The molecule has 0 fully saturated rings. The Bertz CT molecular complexity index is 1380. The summed E-state index contributed by atoms with van der Waals surface area (Å²) in [5.41, 5.74) is 1.01. The quantitative estimate of drug-likeness (QED) is 0.454. The highest BCUT2D eigenvalue weighted by Crippen LogP contribution is 2.31. The van der Waals surface area contributed by atoms with Crippen molar-refractivity contribution in [3.05, 3.63) is 88.3 Å². The molecule has 0 radical (unpaired) electrons. The number of hydrogen-bond acceptors (Lipinski definition) is 6. The molecule has 0 saturated heterocycles. The third kappa shape index (κ3) is 4.24. The molecule has 0 bridgehead atoms. The number of rotatable bonds is 6. The number of aryl methyl sites for hydroxylation is 1. The van der Waals surface area contributed by atoms with Crippen LogP contribution < -0.4 is 10.3 Å². The zero-order valence-electron chi connectivity index (χ0n) is 15.7. The molecule has 2 aromatic carbocycles. The van der Waals surface area contributed by atoms with Crippen LogP contribution >= 0.6 is 11.8 Å². The minimum absolute atomic E-state index is 0.0424. The standard InChI is InChI=1S/C20H16FN3O4S2/c1-13-10-19-22-15(11-20(25)24(19)28-13)12-29-18-5-3-2-4-17(18)23-30(26,27)16-8-6-14(21)7-9-16/h2-11,23H,12H2,1H3. The van der Waals surface area contributed by atoms with Crippen molar-refractivity contribution in [3.63, 3.8) is 0 Å². The minimum atomic E-state index is -3.88. The van der Waals surface area contributed by atoms with Crippen molar-refractivity contribution >= 4 is 33.1 Å². The molecule has 2 aromatic heterocycles. The van der Waals surface area contributed by atoms with Crippen molar-refractivity contribution in [1.29, 1.82) is 0 Å². The third-order valence-corrected chi connectivity index (χ3v) is 6.64. The fourth-order valence-electron chi connectivity index (χ4n) is 2.79. The first-order valence-electron chi connectivity index (χ1n) is 8.82. The van der Waals surface area contributed by atoms with Gasteiger partial charge in [-0.15, -0.1) is 16.3 Å². The van der Waals surface area contributed by atoms with Gasteiger partial charge in [-0.1, -0.05) is 12.1 Å². The second-order valence-corrected chi connectivity index (χ2v) is 9.13. The van der Waals surface area contributed by atoms with Gasteiger partial charge in [0.25, 0.3) is 15.6 Å². The van der Waals surface area contributed by atoms with Gasteiger partial charge in [0, 0.05) is 22.8 Å². The number of halogens is 1. The van der Waals surface area contributed by atoms with Gasteiger partial charge < -0.3 is 4.52 Å². The smallest absolute Gasteiger partial charge is 0.287 e. The predicted molar refractivity (Wildman–Crippen MR) is 112 cm³/mol. The summed E-state index contributed by atoms with van der Waals surface area (Å²) in [4.78, 5) is 17.2. The van der Waals surface area contributed by atoms with E-state index in [2.05, 4.69) is 9.71 Å². The minimum Gasteiger partial charge on any atom is -0.375 e. The van der Waals surface area contributed by atoms with Crippen LogP contribution in [0.25, 0.3) is 5.65 Å². The number of para-hydroxylation sites is 1. The van der Waals surface area contributed by atoms with Gasteiger partial charge in [-0.05, 0) is 43.3 Å². The number of fused-ring (bicyclic) bond motifs is 1. The number of benzene rings is 2. The molecule has 0 atom stereocenters. The SMILES string of the molecule is Cc1cc2nc(CSc3ccccc3NS(=O)(=O)c3ccc(F)cc3)cc(=O)n2o1. The summed E-state index contributed by atoms with van der Waals surface area (Å²) < 4.78 is 47.3. The molecule has 4 aromatic rings. The van der Waals surface area contributed by atoms with Gasteiger partial charge in [0.05, 0.1) is 16.3 Å². The highest BCUT2D eigenvalue weighted by Gasteiger charge is 2.16. The molecular formula is C20H16FN3O4S2. The largest absolute Gasteiger partial charge is 0.375 e. The van der Waals surface area contributed by atoms with Gasteiger partial charge in [-0.3, -0.25) is 9.52 Å². The lowest BCUT2D eigenvalue weighted by Gasteiger charge is -2.12. The summed E-state index contributed by atoms with van der Waals surface area (Å²) in [6.07, 6.45) is 0. The molecular weight excluding hydrogens is 429 g/mol. The summed E-state index contributed by atoms with van der Waals surface area (Å²) in [5, 5.41) is 0. The molecule has 30 heavy (non-hydrogen) atoms. The second kappa shape index (κ2) is 7.96. The summed E-state index contributed by atoms with van der Waals surface area (Å²) in [7, 11) is -3.88. The van der Waals surface area contributed by atoms with E-state index in [0.29, 0.717) is 33.4 Å². The fraction of sp³-hybridized carbons (Fsp3) is 0.100. The fourth-order valence-corrected chi connectivity index (χ4v) is 4.84. The van der Waals surface area contributed by atoms with Crippen LogP contribution in [-0.4, -0.2) is 18.0 Å². The van der Waals surface area contributed by atoms with Crippen molar-refractivity contribution in [3.8, 4) is 0 Å². The molecule has 2 heterocycles. The Morgan fingerprint density at radius 2 is 1.87 bits per heavy atom. The Morgan fingerprint density at radius 1 is 1.13 bits per heavy atom. The Morgan fingerprint density at radius 3 is 2.63 bits per heavy atom. The van der Waals surface area contributed by atoms with Crippen molar-refractivity contribution in [2.75, 3.05) is 4.72 Å². The van der Waals surface area contributed by atoms with Gasteiger partial charge in [0.15, 0.2) is 5.65 Å². The van der Waals surface area contributed by atoms with Gasteiger partial charge in [0.1, 0.15) is 11.6 Å². The van der Waals surface area contributed by atoms with E-state index in [9.17, 15) is 17.6 Å². The number of anilines is 1. The lowest BCUT2D eigenvalue weighted by Crippen LogP contribution is -2.14. The zero-order chi connectivity index (χ0) is 21.3. The first kappa shape index (κ1) is 20.2. The average molecular weight is 445 g/mol. The van der Waals surface area contributed by atoms with Gasteiger partial charge in [-0.25, -0.2) is 17.8 Å². The van der Waals surface area contributed by atoms with Gasteiger partial charge >= 0.3 is 0 Å². The number of thioether (sulfide) groups is 1. The normalized spacial score (nSPS) is 11.7. The zero-order valence-corrected chi connectivity index (χ0v) is 17.3. The Kier molecular flexibility index (Phi) is 5.35. The Balaban J connectivity index is 1.56. The Labute approximate surface area is 175 Å². The summed E-state index contributed by atoms with van der Waals surface area (Å²) >= 11 is 1.33. The molecule has 0 aliphatic heterocycles. The highest BCUT2D eigenvalue weighted by molar-refractivity contribution is 7.98. The maximum atomic E-state index is 13.1. The molecule has 154 valence electrons. The van der Waals surface area contributed by atoms with E-state index in [1.54, 1.807) is 37.3 Å². The van der Waals surface area contributed by atoms with Gasteiger partial charge in [-0.2, -0.15) is 0 Å². The maximum Gasteiger partial charge on any atom is 0.287 e. The number of hydrogen-bond donors (Lipinski definition) is 1. The molecule has 4 rings (SSSR count). The number of nitrogens with zero attached hydrogens (tertiary/aromatic N) is 2. The summed E-state index contributed by atoms with van der Waals surface area (Å²) in [5.74, 6) is 0.411. The molecule has 0 spiro atoms. The Hall–Kier alpha value is -3.11. The number of nitrogens with one attached hydrogen (secondary N) is 1. The van der Waals surface area contributed by atoms with Crippen LogP contribution in [0.15, 0.2) is 79.8 Å². The number of sulfonamides is 1. The van der Waals surface area contributed by atoms with Crippen LogP contribution in [0.4, 0.5) is 10.1 Å². The van der Waals surface area contributed by atoms with E-state index in [1.807, 2.05) is 0 Å². The van der Waals surface area contributed by atoms with Crippen LogP contribution in [0.2, 0.25) is 0 Å². The van der Waals surface area contributed by atoms with Crippen molar-refractivity contribution in [2.24, 2.45) is 0 Å². The van der Waals surface area contributed by atoms with Crippen molar-refractivity contribution < 1.29 is 17.3 Å². The molecule has 0 unspecified atom stereocenters. The topological polar surface area (TPSA) is 93.7 Å². The van der Waals surface area contributed by atoms with E-state index in [-0.39, 0.29) is 10.5 Å². The van der Waals surface area contributed by atoms with Crippen LogP contribution in [0.3, 0.4) is 0 Å². The molecule has 10 heteroatoms. The van der Waals surface area contributed by atoms with Crippen LogP contribution in [0, 0.1) is 12.7 Å². The van der Waals surface area contributed by atoms with E-state index in [1.165, 1.54) is 30.0 Å². The van der Waals surface area contributed by atoms with E-state index < -0.39 is 15.8 Å². The highest BCUT2D eigenvalue weighted by atomic mass is 32.2. The monoisotopic (exact) mass is 445 g/mol. The molecule has 7 nitrogen and oxygen atoms in total. The first-order chi connectivity index (χ1) is 14.3. The van der Waals surface area contributed by atoms with E-state index in [0.717, 1.165) is 16.7 Å². The average Bonchev–Trinajstić information content (AvgIpc) is 3.08. The van der Waals surface area contributed by atoms with Crippen LogP contribution in [0.1, 0.15) is 11.5 Å². The molecule has 0 saturated carbocycles. The van der Waals surface area contributed by atoms with E-state index in [4.69, 9.17) is 4.52 Å². The van der Waals surface area contributed by atoms with Crippen LogP contribution in [-0.2, 0) is 15.8 Å². The van der Waals surface area contributed by atoms with Crippen molar-refractivity contribution in [2.45, 2.75) is 22.5 Å². The van der Waals surface area contributed by atoms with Crippen LogP contribution in [0.5, 0.6) is 0 Å². The third-order valence-electron chi connectivity index (χ3n) is 4.16. The lowest BCUT2D eigenvalue weighted by molar-refractivity contribution is 0.344. The summed E-state index contributed by atoms with van der Waals surface area (Å²) in [6, 6.07) is 14.5. The molecule has 0 amide bonds. The second-order valence-electron chi connectivity index (χ2n) is 6.43.